The summed E-state index contributed by atoms with van der Waals surface area (Å²) in [4.78, 5) is 12.2. The molecule has 4 unspecified atom stereocenters. The molecular weight excluding hydrogens is 252 g/mol. The van der Waals surface area contributed by atoms with Gasteiger partial charge in [-0.3, -0.25) is 4.79 Å². The molecule has 0 aromatic carbocycles. The lowest BCUT2D eigenvalue weighted by atomic mass is 9.78. The molecule has 0 radical (unpaired) electrons. The van der Waals surface area contributed by atoms with E-state index in [4.69, 9.17) is 10.5 Å². The van der Waals surface area contributed by atoms with Crippen molar-refractivity contribution in [2.24, 2.45) is 17.6 Å². The van der Waals surface area contributed by atoms with Crippen molar-refractivity contribution in [2.75, 3.05) is 13.2 Å². The second-order valence-electron chi connectivity index (χ2n) is 6.54. The summed E-state index contributed by atoms with van der Waals surface area (Å²) in [5.41, 5.74) is 6.01. The molecule has 2 fully saturated rings. The zero-order chi connectivity index (χ0) is 14.4. The molecule has 2 aliphatic rings. The molecule has 116 valence electrons. The fraction of sp³-hybridized carbons (Fsp3) is 0.938. The summed E-state index contributed by atoms with van der Waals surface area (Å²) in [6, 6.07) is 0.291. The first-order valence-corrected chi connectivity index (χ1v) is 8.31. The molecule has 0 aromatic heterocycles. The van der Waals surface area contributed by atoms with E-state index < -0.39 is 0 Å². The van der Waals surface area contributed by atoms with Gasteiger partial charge in [0.15, 0.2) is 0 Å². The van der Waals surface area contributed by atoms with Gasteiger partial charge in [0, 0.05) is 25.1 Å². The SMILES string of the molecule is CC(C(=O)NCCC1CCCCO1)C1CCCC(N)C1. The van der Waals surface area contributed by atoms with Crippen molar-refractivity contribution in [3.8, 4) is 0 Å². The van der Waals surface area contributed by atoms with E-state index in [1.807, 2.05) is 0 Å². The van der Waals surface area contributed by atoms with E-state index in [1.54, 1.807) is 0 Å². The van der Waals surface area contributed by atoms with E-state index >= 15 is 0 Å². The summed E-state index contributed by atoms with van der Waals surface area (Å²) < 4.78 is 5.68. The Morgan fingerprint density at radius 2 is 2.15 bits per heavy atom. The van der Waals surface area contributed by atoms with Gasteiger partial charge in [0.1, 0.15) is 0 Å². The highest BCUT2D eigenvalue weighted by Crippen LogP contribution is 2.29. The van der Waals surface area contributed by atoms with Crippen molar-refractivity contribution < 1.29 is 9.53 Å². The smallest absolute Gasteiger partial charge is 0.223 e. The Kier molecular flexibility index (Phi) is 6.30. The molecule has 3 N–H and O–H groups in total. The van der Waals surface area contributed by atoms with Crippen LogP contribution in [-0.2, 0) is 9.53 Å². The molecule has 1 amide bonds. The van der Waals surface area contributed by atoms with Gasteiger partial charge in [0.05, 0.1) is 6.10 Å². The Morgan fingerprint density at radius 1 is 1.30 bits per heavy atom. The van der Waals surface area contributed by atoms with Crippen LogP contribution in [0.1, 0.15) is 58.3 Å². The molecule has 20 heavy (non-hydrogen) atoms. The zero-order valence-corrected chi connectivity index (χ0v) is 12.8. The number of nitrogens with one attached hydrogen (secondary N) is 1. The Hall–Kier alpha value is -0.610. The largest absolute Gasteiger partial charge is 0.378 e. The summed E-state index contributed by atoms with van der Waals surface area (Å²) in [6.07, 6.45) is 9.31. The van der Waals surface area contributed by atoms with Crippen LogP contribution in [0.3, 0.4) is 0 Å². The molecule has 1 saturated heterocycles. The molecule has 4 heteroatoms. The highest BCUT2D eigenvalue weighted by molar-refractivity contribution is 5.78. The minimum Gasteiger partial charge on any atom is -0.378 e. The minimum absolute atomic E-state index is 0.0913. The normalized spacial score (nSPS) is 32.6. The summed E-state index contributed by atoms with van der Waals surface area (Å²) in [5.74, 6) is 0.748. The lowest BCUT2D eigenvalue weighted by Crippen LogP contribution is -2.39. The fourth-order valence-electron chi connectivity index (χ4n) is 3.49. The molecule has 1 saturated carbocycles. The first-order valence-electron chi connectivity index (χ1n) is 8.31. The number of nitrogens with two attached hydrogens (primary N) is 1. The molecule has 4 nitrogen and oxygen atoms in total. The molecule has 2 rings (SSSR count). The number of amides is 1. The quantitative estimate of drug-likeness (QED) is 0.812. The molecule has 0 bridgehead atoms. The van der Waals surface area contributed by atoms with Crippen molar-refractivity contribution in [2.45, 2.75) is 70.4 Å². The molecule has 1 aliphatic heterocycles. The van der Waals surface area contributed by atoms with Crippen LogP contribution in [0.2, 0.25) is 0 Å². The molecule has 1 heterocycles. The number of hydrogen-bond donors (Lipinski definition) is 2. The van der Waals surface area contributed by atoms with Crippen LogP contribution >= 0.6 is 0 Å². The van der Waals surface area contributed by atoms with Crippen LogP contribution in [0.25, 0.3) is 0 Å². The van der Waals surface area contributed by atoms with E-state index in [-0.39, 0.29) is 11.8 Å². The number of hydrogen-bond acceptors (Lipinski definition) is 3. The standard InChI is InChI=1S/C16H30N2O2/c1-12(13-5-4-6-14(17)11-13)16(19)18-9-8-15-7-2-3-10-20-15/h12-15H,2-11,17H2,1H3,(H,18,19). The Balaban J connectivity index is 1.65. The van der Waals surface area contributed by atoms with Crippen LogP contribution in [0.4, 0.5) is 0 Å². The van der Waals surface area contributed by atoms with Gasteiger partial charge in [0.2, 0.25) is 5.91 Å². The Morgan fingerprint density at radius 3 is 2.85 bits per heavy atom. The van der Waals surface area contributed by atoms with Crippen LogP contribution in [0, 0.1) is 11.8 Å². The predicted octanol–water partition coefficient (Wildman–Crippen LogP) is 2.22. The average Bonchev–Trinajstić information content (AvgIpc) is 2.47. The summed E-state index contributed by atoms with van der Waals surface area (Å²) in [5, 5.41) is 3.08. The maximum absolute atomic E-state index is 12.2. The molecule has 0 spiro atoms. The van der Waals surface area contributed by atoms with Gasteiger partial charge in [-0.15, -0.1) is 0 Å². The average molecular weight is 282 g/mol. The lowest BCUT2D eigenvalue weighted by Gasteiger charge is -2.30. The van der Waals surface area contributed by atoms with Gasteiger partial charge >= 0.3 is 0 Å². The van der Waals surface area contributed by atoms with Gasteiger partial charge < -0.3 is 15.8 Å². The van der Waals surface area contributed by atoms with E-state index in [0.29, 0.717) is 18.1 Å². The van der Waals surface area contributed by atoms with Crippen LogP contribution < -0.4 is 11.1 Å². The monoisotopic (exact) mass is 282 g/mol. The zero-order valence-electron chi connectivity index (χ0n) is 12.8. The van der Waals surface area contributed by atoms with Gasteiger partial charge in [-0.25, -0.2) is 0 Å². The molecule has 1 aliphatic carbocycles. The third kappa shape index (κ3) is 4.74. The third-order valence-electron chi connectivity index (χ3n) is 4.92. The first kappa shape index (κ1) is 15.8. The van der Waals surface area contributed by atoms with Gasteiger partial charge in [0.25, 0.3) is 0 Å². The van der Waals surface area contributed by atoms with Crippen LogP contribution in [-0.4, -0.2) is 31.2 Å². The van der Waals surface area contributed by atoms with Gasteiger partial charge in [-0.1, -0.05) is 13.3 Å². The number of rotatable bonds is 5. The van der Waals surface area contributed by atoms with Crippen molar-refractivity contribution in [1.29, 1.82) is 0 Å². The predicted molar refractivity (Wildman–Crippen MR) is 80.3 cm³/mol. The van der Waals surface area contributed by atoms with Gasteiger partial charge in [-0.2, -0.15) is 0 Å². The number of carbonyl (C=O) groups is 1. The first-order chi connectivity index (χ1) is 9.66. The van der Waals surface area contributed by atoms with Crippen molar-refractivity contribution >= 4 is 5.91 Å². The molecule has 0 aromatic rings. The van der Waals surface area contributed by atoms with E-state index in [2.05, 4.69) is 12.2 Å². The molecular formula is C16H30N2O2. The lowest BCUT2D eigenvalue weighted by molar-refractivity contribution is -0.126. The van der Waals surface area contributed by atoms with Crippen LogP contribution in [0.15, 0.2) is 0 Å². The van der Waals surface area contributed by atoms with Crippen molar-refractivity contribution in [3.63, 3.8) is 0 Å². The van der Waals surface area contributed by atoms with Gasteiger partial charge in [-0.05, 0) is 50.9 Å². The van der Waals surface area contributed by atoms with Crippen molar-refractivity contribution in [1.82, 2.24) is 5.32 Å². The molecule has 4 atom stereocenters. The second kappa shape index (κ2) is 7.99. The summed E-state index contributed by atoms with van der Waals surface area (Å²) in [6.45, 7) is 3.68. The number of ether oxygens (including phenoxy) is 1. The fourth-order valence-corrected chi connectivity index (χ4v) is 3.49. The Labute approximate surface area is 122 Å². The highest BCUT2D eigenvalue weighted by atomic mass is 16.5. The van der Waals surface area contributed by atoms with E-state index in [1.165, 1.54) is 19.3 Å². The topological polar surface area (TPSA) is 64.3 Å². The minimum atomic E-state index is 0.0913. The van der Waals surface area contributed by atoms with Crippen LogP contribution in [0.5, 0.6) is 0 Å². The summed E-state index contributed by atoms with van der Waals surface area (Å²) in [7, 11) is 0. The van der Waals surface area contributed by atoms with E-state index in [0.717, 1.165) is 45.3 Å². The number of carbonyl (C=O) groups excluding carboxylic acids is 1. The maximum atomic E-state index is 12.2. The van der Waals surface area contributed by atoms with E-state index in [9.17, 15) is 4.79 Å². The van der Waals surface area contributed by atoms with Crippen molar-refractivity contribution in [3.05, 3.63) is 0 Å². The second-order valence-corrected chi connectivity index (χ2v) is 6.54. The highest BCUT2D eigenvalue weighted by Gasteiger charge is 2.28. The maximum Gasteiger partial charge on any atom is 0.223 e. The summed E-state index contributed by atoms with van der Waals surface area (Å²) >= 11 is 0. The third-order valence-corrected chi connectivity index (χ3v) is 4.92. The Bertz CT molecular complexity index is 303.